The minimum absolute atomic E-state index is 0.0450. The Hall–Kier alpha value is -1.57. The highest BCUT2D eigenvalue weighted by atomic mass is 16.1. The van der Waals surface area contributed by atoms with Crippen LogP contribution < -0.4 is 5.32 Å². The van der Waals surface area contributed by atoms with Crippen molar-refractivity contribution in [1.29, 1.82) is 0 Å². The number of aryl methyl sites for hydroxylation is 1. The van der Waals surface area contributed by atoms with Crippen LogP contribution in [0.1, 0.15) is 19.4 Å². The summed E-state index contributed by atoms with van der Waals surface area (Å²) in [4.78, 5) is 11.4. The third kappa shape index (κ3) is 2.73. The Morgan fingerprint density at radius 3 is 2.36 bits per heavy atom. The number of nitrogens with one attached hydrogen (secondary N) is 1. The van der Waals surface area contributed by atoms with E-state index in [0.29, 0.717) is 0 Å². The van der Waals surface area contributed by atoms with Gasteiger partial charge in [0.25, 0.3) is 5.91 Å². The Labute approximate surface area is 84.6 Å². The highest BCUT2D eigenvalue weighted by Gasteiger charge is 2.02. The summed E-state index contributed by atoms with van der Waals surface area (Å²) in [6, 6.07) is 7.74. The number of carbonyl (C=O) groups excluding carboxylic acids is 1. The van der Waals surface area contributed by atoms with Crippen LogP contribution in [0.15, 0.2) is 35.9 Å². The van der Waals surface area contributed by atoms with Gasteiger partial charge < -0.3 is 5.32 Å². The third-order valence-electron chi connectivity index (χ3n) is 2.10. The van der Waals surface area contributed by atoms with E-state index in [-0.39, 0.29) is 5.91 Å². The summed E-state index contributed by atoms with van der Waals surface area (Å²) in [6.45, 7) is 5.66. The summed E-state index contributed by atoms with van der Waals surface area (Å²) in [5.74, 6) is -0.0450. The molecule has 0 unspecified atom stereocenters. The molecule has 0 aliphatic carbocycles. The summed E-state index contributed by atoms with van der Waals surface area (Å²) in [7, 11) is 0. The molecule has 2 nitrogen and oxygen atoms in total. The molecule has 0 saturated heterocycles. The molecule has 0 radical (unpaired) electrons. The van der Waals surface area contributed by atoms with Crippen molar-refractivity contribution >= 4 is 11.6 Å². The van der Waals surface area contributed by atoms with Gasteiger partial charge in [0.1, 0.15) is 0 Å². The lowest BCUT2D eigenvalue weighted by molar-refractivity contribution is -0.112. The number of allylic oxidation sites excluding steroid dienone is 1. The molecule has 1 aromatic carbocycles. The van der Waals surface area contributed by atoms with E-state index in [1.807, 2.05) is 38.1 Å². The molecule has 0 aromatic heterocycles. The Morgan fingerprint density at radius 2 is 1.86 bits per heavy atom. The third-order valence-corrected chi connectivity index (χ3v) is 2.10. The topological polar surface area (TPSA) is 29.1 Å². The van der Waals surface area contributed by atoms with Gasteiger partial charge >= 0.3 is 0 Å². The second kappa shape index (κ2) is 4.61. The SMILES string of the molecule is C/C=C(/C)C(=O)Nc1ccc(C)cc1. The number of hydrogen-bond acceptors (Lipinski definition) is 1. The maximum absolute atomic E-state index is 11.4. The van der Waals surface area contributed by atoms with Crippen molar-refractivity contribution in [3.8, 4) is 0 Å². The zero-order valence-corrected chi connectivity index (χ0v) is 8.79. The number of rotatable bonds is 2. The number of benzene rings is 1. The number of carbonyl (C=O) groups is 1. The van der Waals surface area contributed by atoms with E-state index >= 15 is 0 Å². The molecule has 74 valence electrons. The first kappa shape index (κ1) is 10.5. The lowest BCUT2D eigenvalue weighted by atomic mass is 10.2. The molecule has 2 heteroatoms. The van der Waals surface area contributed by atoms with E-state index in [9.17, 15) is 4.79 Å². The first-order valence-electron chi connectivity index (χ1n) is 4.64. The van der Waals surface area contributed by atoms with Crippen LogP contribution in [0.25, 0.3) is 0 Å². The van der Waals surface area contributed by atoms with Crippen LogP contribution in [0.4, 0.5) is 5.69 Å². The molecule has 1 N–H and O–H groups in total. The Balaban J connectivity index is 2.70. The predicted octanol–water partition coefficient (Wildman–Crippen LogP) is 2.90. The zero-order valence-electron chi connectivity index (χ0n) is 8.79. The van der Waals surface area contributed by atoms with E-state index < -0.39 is 0 Å². The average molecular weight is 189 g/mol. The van der Waals surface area contributed by atoms with Crippen molar-refractivity contribution in [3.63, 3.8) is 0 Å². The molecule has 0 atom stereocenters. The van der Waals surface area contributed by atoms with Gasteiger partial charge in [-0.3, -0.25) is 4.79 Å². The Kier molecular flexibility index (Phi) is 3.46. The van der Waals surface area contributed by atoms with Gasteiger partial charge in [0, 0.05) is 11.3 Å². The van der Waals surface area contributed by atoms with Crippen molar-refractivity contribution < 1.29 is 4.79 Å². The van der Waals surface area contributed by atoms with Gasteiger partial charge in [-0.15, -0.1) is 0 Å². The molecule has 0 saturated carbocycles. The van der Waals surface area contributed by atoms with Crippen LogP contribution in [-0.4, -0.2) is 5.91 Å². The minimum Gasteiger partial charge on any atom is -0.322 e. The molecule has 14 heavy (non-hydrogen) atoms. The zero-order chi connectivity index (χ0) is 10.6. The van der Waals surface area contributed by atoms with Crippen molar-refractivity contribution in [2.75, 3.05) is 5.32 Å². The highest BCUT2D eigenvalue weighted by molar-refractivity contribution is 6.03. The van der Waals surface area contributed by atoms with Gasteiger partial charge in [-0.1, -0.05) is 23.8 Å². The first-order valence-corrected chi connectivity index (χ1v) is 4.64. The predicted molar refractivity (Wildman–Crippen MR) is 59.2 cm³/mol. The largest absolute Gasteiger partial charge is 0.322 e. The highest BCUT2D eigenvalue weighted by Crippen LogP contribution is 2.09. The van der Waals surface area contributed by atoms with E-state index in [1.54, 1.807) is 13.0 Å². The second-order valence-corrected chi connectivity index (χ2v) is 3.29. The molecular weight excluding hydrogens is 174 g/mol. The van der Waals surface area contributed by atoms with Crippen molar-refractivity contribution in [1.82, 2.24) is 0 Å². The normalized spacial score (nSPS) is 11.2. The molecule has 0 heterocycles. The molecule has 0 fully saturated rings. The minimum atomic E-state index is -0.0450. The van der Waals surface area contributed by atoms with Crippen LogP contribution in [0.5, 0.6) is 0 Å². The second-order valence-electron chi connectivity index (χ2n) is 3.29. The maximum Gasteiger partial charge on any atom is 0.250 e. The molecule has 1 rings (SSSR count). The lowest BCUT2D eigenvalue weighted by Crippen LogP contribution is -2.12. The van der Waals surface area contributed by atoms with Gasteiger partial charge in [-0.25, -0.2) is 0 Å². The first-order chi connectivity index (χ1) is 6.63. The molecule has 0 aliphatic heterocycles. The van der Waals surface area contributed by atoms with E-state index in [0.717, 1.165) is 11.3 Å². The Morgan fingerprint density at radius 1 is 1.29 bits per heavy atom. The van der Waals surface area contributed by atoms with Crippen LogP contribution >= 0.6 is 0 Å². The smallest absolute Gasteiger partial charge is 0.250 e. The Bertz CT molecular complexity index is 349. The van der Waals surface area contributed by atoms with Crippen LogP contribution in [0, 0.1) is 6.92 Å². The van der Waals surface area contributed by atoms with Crippen LogP contribution in [0.2, 0.25) is 0 Å². The molecule has 0 aliphatic rings. The summed E-state index contributed by atoms with van der Waals surface area (Å²) in [6.07, 6.45) is 1.80. The fourth-order valence-electron chi connectivity index (χ4n) is 0.998. The van der Waals surface area contributed by atoms with Gasteiger partial charge in [0.05, 0.1) is 0 Å². The van der Waals surface area contributed by atoms with E-state index in [4.69, 9.17) is 0 Å². The lowest BCUT2D eigenvalue weighted by Gasteiger charge is -2.04. The fourth-order valence-corrected chi connectivity index (χ4v) is 0.998. The fraction of sp³-hybridized carbons (Fsp3) is 0.250. The summed E-state index contributed by atoms with van der Waals surface area (Å²) >= 11 is 0. The summed E-state index contributed by atoms with van der Waals surface area (Å²) in [5, 5.41) is 2.81. The van der Waals surface area contributed by atoms with E-state index in [1.165, 1.54) is 5.56 Å². The average Bonchev–Trinajstić information content (AvgIpc) is 2.20. The summed E-state index contributed by atoms with van der Waals surface area (Å²) < 4.78 is 0. The molecule has 1 aromatic rings. The van der Waals surface area contributed by atoms with Gasteiger partial charge in [0.2, 0.25) is 0 Å². The van der Waals surface area contributed by atoms with Crippen LogP contribution in [0.3, 0.4) is 0 Å². The van der Waals surface area contributed by atoms with Crippen molar-refractivity contribution in [2.24, 2.45) is 0 Å². The molecule has 0 bridgehead atoms. The van der Waals surface area contributed by atoms with Gasteiger partial charge in [-0.2, -0.15) is 0 Å². The molecular formula is C12H15NO. The van der Waals surface area contributed by atoms with Crippen molar-refractivity contribution in [3.05, 3.63) is 41.5 Å². The van der Waals surface area contributed by atoms with Gasteiger partial charge in [-0.05, 0) is 32.9 Å². The van der Waals surface area contributed by atoms with Crippen molar-refractivity contribution in [2.45, 2.75) is 20.8 Å². The van der Waals surface area contributed by atoms with Gasteiger partial charge in [0.15, 0.2) is 0 Å². The molecule has 1 amide bonds. The maximum atomic E-state index is 11.4. The quantitative estimate of drug-likeness (QED) is 0.712. The monoisotopic (exact) mass is 189 g/mol. The summed E-state index contributed by atoms with van der Waals surface area (Å²) in [5.41, 5.74) is 2.75. The molecule has 0 spiro atoms. The number of hydrogen-bond donors (Lipinski definition) is 1. The standard InChI is InChI=1S/C12H15NO/c1-4-10(3)12(14)13-11-7-5-9(2)6-8-11/h4-8H,1-3H3,(H,13,14)/b10-4-. The van der Waals surface area contributed by atoms with Crippen LogP contribution in [-0.2, 0) is 4.79 Å². The number of anilines is 1. The van der Waals surface area contributed by atoms with E-state index in [2.05, 4.69) is 5.32 Å². The number of amides is 1.